The summed E-state index contributed by atoms with van der Waals surface area (Å²) in [4.78, 5) is 33.1. The number of hydrogen-bond donors (Lipinski definition) is 2. The van der Waals surface area contributed by atoms with E-state index in [1.54, 1.807) is 43.5 Å². The first-order valence-electron chi connectivity index (χ1n) is 17.2. The van der Waals surface area contributed by atoms with E-state index in [0.717, 1.165) is 35.4 Å². The third-order valence-corrected chi connectivity index (χ3v) is 9.40. The Labute approximate surface area is 299 Å². The molecule has 1 aliphatic heterocycles. The number of benzene rings is 5. The minimum atomic E-state index is -1.00. The number of anilines is 2. The van der Waals surface area contributed by atoms with Crippen LogP contribution in [0.3, 0.4) is 0 Å². The Kier molecular flexibility index (Phi) is 10.8. The van der Waals surface area contributed by atoms with Crippen molar-refractivity contribution in [3.63, 3.8) is 0 Å². The summed E-state index contributed by atoms with van der Waals surface area (Å²) in [6.45, 7) is 6.70. The predicted octanol–water partition coefficient (Wildman–Crippen LogP) is 7.99. The van der Waals surface area contributed by atoms with Crippen molar-refractivity contribution in [2.45, 2.75) is 38.1 Å². The van der Waals surface area contributed by atoms with E-state index in [1.165, 1.54) is 11.3 Å². The second kappa shape index (κ2) is 15.8. The number of hydrogen-bond acceptors (Lipinski definition) is 7. The summed E-state index contributed by atoms with van der Waals surface area (Å²) in [5, 5.41) is 17.5. The SMILES string of the molecule is CO/N=C(\c1ccccc1)c1ccc2c(c1)C(C)(C)CCN2CCOc1ccc(CC(Nc2ccccc2C(=O)c2ccccc2)C(=O)O)cc1. The van der Waals surface area contributed by atoms with Crippen LogP contribution in [0.5, 0.6) is 5.75 Å². The number of aliphatic carboxylic acids is 1. The van der Waals surface area contributed by atoms with Crippen LogP contribution in [0, 0.1) is 0 Å². The van der Waals surface area contributed by atoms with Crippen molar-refractivity contribution >= 4 is 28.8 Å². The van der Waals surface area contributed by atoms with E-state index in [1.807, 2.05) is 72.8 Å². The summed E-state index contributed by atoms with van der Waals surface area (Å²) in [6.07, 6.45) is 1.23. The minimum Gasteiger partial charge on any atom is -0.492 e. The quantitative estimate of drug-likeness (QED) is 0.0696. The summed E-state index contributed by atoms with van der Waals surface area (Å²) in [6, 6.07) is 39.2. The molecule has 1 unspecified atom stereocenters. The number of fused-ring (bicyclic) bond motifs is 1. The fraction of sp³-hybridized carbons (Fsp3) is 0.233. The molecule has 1 aliphatic rings. The Hall–Kier alpha value is -5.89. The molecule has 0 aliphatic carbocycles. The number of nitrogens with one attached hydrogen (secondary N) is 1. The standard InChI is InChI=1S/C43H43N3O5/c1-43(2)24-25-46(39-23-20-33(29-36(39)43)40(45-50-3)31-12-6-4-7-13-31)26-27-51-34-21-18-30(19-22-34)28-38(42(48)49)44-37-17-11-10-16-35(37)41(47)32-14-8-5-9-15-32/h4-23,29,38,44H,24-28H2,1-3H3,(H,48,49)/b45-40+. The third-order valence-electron chi connectivity index (χ3n) is 9.40. The van der Waals surface area contributed by atoms with Crippen LogP contribution in [-0.2, 0) is 21.5 Å². The van der Waals surface area contributed by atoms with Crippen molar-refractivity contribution in [1.29, 1.82) is 0 Å². The van der Waals surface area contributed by atoms with Gasteiger partial charge in [-0.1, -0.05) is 110 Å². The molecule has 260 valence electrons. The Balaban J connectivity index is 1.09. The number of nitrogens with zero attached hydrogens (tertiary/aromatic N) is 2. The van der Waals surface area contributed by atoms with Gasteiger partial charge in [-0.2, -0.15) is 0 Å². The molecular weight excluding hydrogens is 638 g/mol. The highest BCUT2D eigenvalue weighted by molar-refractivity contribution is 6.13. The van der Waals surface area contributed by atoms with Crippen molar-refractivity contribution in [3.8, 4) is 5.75 Å². The van der Waals surface area contributed by atoms with Crippen LogP contribution in [0.2, 0.25) is 0 Å². The smallest absolute Gasteiger partial charge is 0.326 e. The fourth-order valence-corrected chi connectivity index (χ4v) is 6.53. The van der Waals surface area contributed by atoms with Crippen LogP contribution in [0.15, 0.2) is 133 Å². The predicted molar refractivity (Wildman–Crippen MR) is 202 cm³/mol. The van der Waals surface area contributed by atoms with Crippen LogP contribution < -0.4 is 15.0 Å². The molecule has 8 nitrogen and oxygen atoms in total. The van der Waals surface area contributed by atoms with Crippen molar-refractivity contribution in [3.05, 3.63) is 161 Å². The summed E-state index contributed by atoms with van der Waals surface area (Å²) in [5.41, 5.74) is 7.56. The highest BCUT2D eigenvalue weighted by atomic mass is 16.6. The number of carbonyl (C=O) groups excluding carboxylic acids is 1. The van der Waals surface area contributed by atoms with E-state index in [9.17, 15) is 14.7 Å². The summed E-state index contributed by atoms with van der Waals surface area (Å²) < 4.78 is 6.17. The van der Waals surface area contributed by atoms with Gasteiger partial charge >= 0.3 is 5.97 Å². The molecule has 0 saturated carbocycles. The summed E-state index contributed by atoms with van der Waals surface area (Å²) in [7, 11) is 1.57. The molecule has 51 heavy (non-hydrogen) atoms. The van der Waals surface area contributed by atoms with Crippen molar-refractivity contribution in [2.75, 3.05) is 37.0 Å². The number of rotatable bonds is 14. The van der Waals surface area contributed by atoms with Gasteiger partial charge in [0.25, 0.3) is 0 Å². The monoisotopic (exact) mass is 681 g/mol. The molecular formula is C43H43N3O5. The zero-order valence-corrected chi connectivity index (χ0v) is 29.2. The molecule has 5 aromatic rings. The van der Waals surface area contributed by atoms with Gasteiger partial charge < -0.3 is 24.9 Å². The van der Waals surface area contributed by atoms with Crippen LogP contribution in [0.25, 0.3) is 0 Å². The lowest BCUT2D eigenvalue weighted by Crippen LogP contribution is -2.39. The number of carboxylic acid groups (broad SMARTS) is 1. The Morgan fingerprint density at radius 1 is 0.843 bits per heavy atom. The Morgan fingerprint density at radius 3 is 2.20 bits per heavy atom. The van der Waals surface area contributed by atoms with E-state index < -0.39 is 12.0 Å². The van der Waals surface area contributed by atoms with E-state index in [-0.39, 0.29) is 17.6 Å². The lowest BCUT2D eigenvalue weighted by atomic mass is 9.76. The van der Waals surface area contributed by atoms with Gasteiger partial charge in [-0.3, -0.25) is 4.79 Å². The third kappa shape index (κ3) is 8.29. The molecule has 2 N–H and O–H groups in total. The number of carbonyl (C=O) groups is 2. The molecule has 1 heterocycles. The van der Waals surface area contributed by atoms with Gasteiger partial charge in [0.15, 0.2) is 5.78 Å². The molecule has 1 atom stereocenters. The molecule has 0 amide bonds. The maximum absolute atomic E-state index is 13.2. The number of carboxylic acids is 1. The second-order valence-corrected chi connectivity index (χ2v) is 13.3. The van der Waals surface area contributed by atoms with Gasteiger partial charge in [0.2, 0.25) is 0 Å². The number of oxime groups is 1. The molecule has 8 heteroatoms. The van der Waals surface area contributed by atoms with Gasteiger partial charge in [0.1, 0.15) is 31.2 Å². The van der Waals surface area contributed by atoms with Gasteiger partial charge in [-0.15, -0.1) is 0 Å². The van der Waals surface area contributed by atoms with Crippen molar-refractivity contribution in [2.24, 2.45) is 5.16 Å². The lowest BCUT2D eigenvalue weighted by Gasteiger charge is -2.40. The van der Waals surface area contributed by atoms with Crippen LogP contribution in [-0.4, -0.2) is 55.4 Å². The van der Waals surface area contributed by atoms with Gasteiger partial charge in [-0.25, -0.2) is 4.79 Å². The maximum Gasteiger partial charge on any atom is 0.326 e. The first-order valence-corrected chi connectivity index (χ1v) is 17.2. The van der Waals surface area contributed by atoms with Crippen molar-refractivity contribution in [1.82, 2.24) is 0 Å². The average Bonchev–Trinajstić information content (AvgIpc) is 3.15. The highest BCUT2D eigenvalue weighted by Crippen LogP contribution is 2.40. The van der Waals surface area contributed by atoms with E-state index in [4.69, 9.17) is 9.57 Å². The van der Waals surface area contributed by atoms with Crippen LogP contribution in [0.1, 0.15) is 58.4 Å². The second-order valence-electron chi connectivity index (χ2n) is 13.3. The summed E-state index contributed by atoms with van der Waals surface area (Å²) >= 11 is 0. The number of ether oxygens (including phenoxy) is 1. The van der Waals surface area contributed by atoms with Crippen LogP contribution >= 0.6 is 0 Å². The zero-order chi connectivity index (χ0) is 35.8. The first-order chi connectivity index (χ1) is 24.7. The molecule has 0 radical (unpaired) electrons. The highest BCUT2D eigenvalue weighted by Gasteiger charge is 2.32. The number of para-hydroxylation sites is 1. The Bertz CT molecular complexity index is 1990. The van der Waals surface area contributed by atoms with E-state index in [2.05, 4.69) is 47.4 Å². The largest absolute Gasteiger partial charge is 0.492 e. The topological polar surface area (TPSA) is 100 Å². The lowest BCUT2D eigenvalue weighted by molar-refractivity contribution is -0.137. The molecule has 0 aromatic heterocycles. The Morgan fingerprint density at radius 2 is 1.51 bits per heavy atom. The fourth-order valence-electron chi connectivity index (χ4n) is 6.53. The van der Waals surface area contributed by atoms with Gasteiger partial charge in [0, 0.05) is 46.6 Å². The van der Waals surface area contributed by atoms with Crippen LogP contribution in [0.4, 0.5) is 11.4 Å². The van der Waals surface area contributed by atoms with Crippen molar-refractivity contribution < 1.29 is 24.3 Å². The maximum atomic E-state index is 13.2. The molecule has 0 saturated heterocycles. The minimum absolute atomic E-state index is 0.00439. The molecule has 0 spiro atoms. The average molecular weight is 682 g/mol. The first kappa shape index (κ1) is 35.0. The van der Waals surface area contributed by atoms with Gasteiger partial charge in [0.05, 0.1) is 6.54 Å². The van der Waals surface area contributed by atoms with E-state index in [0.29, 0.717) is 35.7 Å². The molecule has 5 aromatic carbocycles. The van der Waals surface area contributed by atoms with E-state index >= 15 is 0 Å². The molecule has 0 bridgehead atoms. The molecule has 0 fully saturated rings. The molecule has 6 rings (SSSR count). The zero-order valence-electron chi connectivity index (χ0n) is 29.2. The normalized spacial score (nSPS) is 14.3. The summed E-state index contributed by atoms with van der Waals surface area (Å²) in [5.74, 6) is -0.454. The number of ketones is 1. The van der Waals surface area contributed by atoms with Gasteiger partial charge in [-0.05, 0) is 59.4 Å².